The van der Waals surface area contributed by atoms with Crippen LogP contribution in [-0.2, 0) is 10.2 Å². The minimum Gasteiger partial charge on any atom is -0.395 e. The lowest BCUT2D eigenvalue weighted by Gasteiger charge is -2.31. The largest absolute Gasteiger partial charge is 0.395 e. The van der Waals surface area contributed by atoms with E-state index in [0.717, 1.165) is 19.3 Å². The second-order valence-corrected chi connectivity index (χ2v) is 7.52. The van der Waals surface area contributed by atoms with E-state index in [9.17, 15) is 8.42 Å². The standard InChI is InChI=1S/C13H19N3O3S2/c1-11-6-2-4-8-16(11)21(18,19)15-13-14-10-12(20-13)7-3-5-9-17/h10-11,17H,2,4-6,8-9H2,1H3,(H,14,15). The average molecular weight is 329 g/mol. The fourth-order valence-electron chi connectivity index (χ4n) is 2.18. The van der Waals surface area contributed by atoms with Gasteiger partial charge in [-0.25, -0.2) is 9.71 Å². The van der Waals surface area contributed by atoms with Crippen molar-refractivity contribution in [3.8, 4) is 11.8 Å². The Labute approximate surface area is 129 Å². The van der Waals surface area contributed by atoms with Crippen LogP contribution < -0.4 is 4.72 Å². The Morgan fingerprint density at radius 1 is 1.57 bits per heavy atom. The Balaban J connectivity index is 2.05. The minimum atomic E-state index is -3.55. The summed E-state index contributed by atoms with van der Waals surface area (Å²) in [4.78, 5) is 4.71. The summed E-state index contributed by atoms with van der Waals surface area (Å²) in [6.45, 7) is 2.48. The van der Waals surface area contributed by atoms with Gasteiger partial charge in [0.25, 0.3) is 0 Å². The highest BCUT2D eigenvalue weighted by molar-refractivity contribution is 7.90. The third-order valence-corrected chi connectivity index (χ3v) is 5.79. The number of aromatic nitrogens is 1. The van der Waals surface area contributed by atoms with Gasteiger partial charge in [0.15, 0.2) is 5.13 Å². The van der Waals surface area contributed by atoms with Crippen LogP contribution in [0.3, 0.4) is 0 Å². The predicted octanol–water partition coefficient (Wildman–Crippen LogP) is 1.41. The van der Waals surface area contributed by atoms with Gasteiger partial charge in [-0.2, -0.15) is 12.7 Å². The molecule has 1 unspecified atom stereocenters. The maximum atomic E-state index is 12.3. The lowest BCUT2D eigenvalue weighted by Crippen LogP contribution is -2.44. The van der Waals surface area contributed by atoms with Crippen molar-refractivity contribution in [2.45, 2.75) is 38.6 Å². The van der Waals surface area contributed by atoms with E-state index in [1.807, 2.05) is 6.92 Å². The second kappa shape index (κ2) is 7.22. The smallest absolute Gasteiger partial charge is 0.303 e. The van der Waals surface area contributed by atoms with Gasteiger partial charge < -0.3 is 5.11 Å². The molecule has 1 aliphatic heterocycles. The van der Waals surface area contributed by atoms with E-state index in [-0.39, 0.29) is 12.6 Å². The van der Waals surface area contributed by atoms with Crippen molar-refractivity contribution >= 4 is 26.7 Å². The molecule has 1 aromatic rings. The third kappa shape index (κ3) is 4.41. The molecule has 21 heavy (non-hydrogen) atoms. The first-order chi connectivity index (χ1) is 10.0. The SMILES string of the molecule is CC1CCCCN1S(=O)(=O)Nc1ncc(C#CCCO)s1. The number of hydrogen-bond donors (Lipinski definition) is 2. The zero-order valence-electron chi connectivity index (χ0n) is 11.9. The summed E-state index contributed by atoms with van der Waals surface area (Å²) in [5.74, 6) is 5.62. The number of piperidine rings is 1. The second-order valence-electron chi connectivity index (χ2n) is 4.87. The van der Waals surface area contributed by atoms with Crippen LogP contribution in [0.5, 0.6) is 0 Å². The summed E-state index contributed by atoms with van der Waals surface area (Å²) < 4.78 is 28.7. The van der Waals surface area contributed by atoms with Crippen molar-refractivity contribution in [3.05, 3.63) is 11.1 Å². The first-order valence-electron chi connectivity index (χ1n) is 6.88. The van der Waals surface area contributed by atoms with Gasteiger partial charge in [-0.3, -0.25) is 0 Å². The van der Waals surface area contributed by atoms with Crippen molar-refractivity contribution in [2.24, 2.45) is 0 Å². The number of aliphatic hydroxyl groups is 1. The number of hydrogen-bond acceptors (Lipinski definition) is 5. The number of nitrogens with one attached hydrogen (secondary N) is 1. The van der Waals surface area contributed by atoms with Crippen LogP contribution >= 0.6 is 11.3 Å². The van der Waals surface area contributed by atoms with Crippen LogP contribution in [0.1, 0.15) is 37.5 Å². The van der Waals surface area contributed by atoms with Gasteiger partial charge in [-0.05, 0) is 19.8 Å². The van der Waals surface area contributed by atoms with E-state index in [2.05, 4.69) is 21.5 Å². The van der Waals surface area contributed by atoms with E-state index in [1.165, 1.54) is 21.8 Å². The van der Waals surface area contributed by atoms with Gasteiger partial charge in [0.2, 0.25) is 0 Å². The van der Waals surface area contributed by atoms with Crippen LogP contribution in [-0.4, -0.2) is 42.0 Å². The van der Waals surface area contributed by atoms with E-state index in [4.69, 9.17) is 5.11 Å². The maximum Gasteiger partial charge on any atom is 0.303 e. The molecule has 0 aliphatic carbocycles. The monoisotopic (exact) mass is 329 g/mol. The molecule has 1 atom stereocenters. The molecular weight excluding hydrogens is 310 g/mol. The van der Waals surface area contributed by atoms with Crippen LogP contribution in [0.4, 0.5) is 5.13 Å². The Hall–Kier alpha value is -1.14. The number of anilines is 1. The molecule has 0 saturated carbocycles. The molecule has 0 bridgehead atoms. The first-order valence-corrected chi connectivity index (χ1v) is 9.14. The van der Waals surface area contributed by atoms with Gasteiger partial charge in [0.1, 0.15) is 0 Å². The predicted molar refractivity (Wildman–Crippen MR) is 83.3 cm³/mol. The fourth-order valence-corrected chi connectivity index (χ4v) is 4.55. The maximum absolute atomic E-state index is 12.3. The van der Waals surface area contributed by atoms with Crippen molar-refractivity contribution < 1.29 is 13.5 Å². The van der Waals surface area contributed by atoms with E-state index in [1.54, 1.807) is 0 Å². The van der Waals surface area contributed by atoms with Crippen LogP contribution in [0, 0.1) is 11.8 Å². The molecule has 2 N–H and O–H groups in total. The molecule has 6 nitrogen and oxygen atoms in total. The molecule has 1 saturated heterocycles. The summed E-state index contributed by atoms with van der Waals surface area (Å²) in [6.07, 6.45) is 4.77. The molecule has 0 aromatic carbocycles. The van der Waals surface area contributed by atoms with Crippen molar-refractivity contribution in [2.75, 3.05) is 17.9 Å². The molecule has 1 fully saturated rings. The number of nitrogens with zero attached hydrogens (tertiary/aromatic N) is 2. The Morgan fingerprint density at radius 3 is 3.10 bits per heavy atom. The normalized spacial score (nSPS) is 19.8. The summed E-state index contributed by atoms with van der Waals surface area (Å²) in [6, 6.07) is 0.0139. The van der Waals surface area contributed by atoms with Crippen LogP contribution in [0.25, 0.3) is 0 Å². The summed E-state index contributed by atoms with van der Waals surface area (Å²) >= 11 is 1.19. The Bertz CT molecular complexity index is 631. The first kappa shape index (κ1) is 16.2. The fraction of sp³-hybridized carbons (Fsp3) is 0.615. The number of aliphatic hydroxyl groups excluding tert-OH is 1. The van der Waals surface area contributed by atoms with Crippen molar-refractivity contribution in [1.82, 2.24) is 9.29 Å². The van der Waals surface area contributed by atoms with Gasteiger partial charge in [-0.15, -0.1) is 0 Å². The van der Waals surface area contributed by atoms with Crippen LogP contribution in [0.15, 0.2) is 6.20 Å². The Morgan fingerprint density at radius 2 is 2.38 bits per heavy atom. The zero-order chi connectivity index (χ0) is 15.3. The van der Waals surface area contributed by atoms with Gasteiger partial charge in [-0.1, -0.05) is 29.6 Å². The highest BCUT2D eigenvalue weighted by Crippen LogP contribution is 2.23. The lowest BCUT2D eigenvalue weighted by molar-refractivity contribution is 0.270. The summed E-state index contributed by atoms with van der Waals surface area (Å²) in [5, 5.41) is 8.98. The Kier molecular flexibility index (Phi) is 5.58. The summed E-state index contributed by atoms with van der Waals surface area (Å²) in [5.41, 5.74) is 0. The molecule has 1 aliphatic rings. The van der Waals surface area contributed by atoms with Crippen LogP contribution in [0.2, 0.25) is 0 Å². The molecule has 0 spiro atoms. The molecule has 116 valence electrons. The number of rotatable bonds is 4. The van der Waals surface area contributed by atoms with Gasteiger partial charge >= 0.3 is 10.2 Å². The molecule has 1 aromatic heterocycles. The average Bonchev–Trinajstić information content (AvgIpc) is 2.86. The quantitative estimate of drug-likeness (QED) is 0.818. The van der Waals surface area contributed by atoms with Crippen molar-refractivity contribution in [3.63, 3.8) is 0 Å². The van der Waals surface area contributed by atoms with E-state index >= 15 is 0 Å². The molecule has 2 heterocycles. The van der Waals surface area contributed by atoms with E-state index in [0.29, 0.717) is 23.0 Å². The molecule has 0 amide bonds. The van der Waals surface area contributed by atoms with Gasteiger partial charge in [0, 0.05) is 19.0 Å². The number of thiazole rings is 1. The molecule has 2 rings (SSSR count). The summed E-state index contributed by atoms with van der Waals surface area (Å²) in [7, 11) is -3.55. The lowest BCUT2D eigenvalue weighted by atomic mass is 10.1. The van der Waals surface area contributed by atoms with Crippen molar-refractivity contribution in [1.29, 1.82) is 0 Å². The van der Waals surface area contributed by atoms with E-state index < -0.39 is 10.2 Å². The topological polar surface area (TPSA) is 82.5 Å². The minimum absolute atomic E-state index is 0.0120. The third-order valence-electron chi connectivity index (χ3n) is 3.22. The highest BCUT2D eigenvalue weighted by atomic mass is 32.2. The highest BCUT2D eigenvalue weighted by Gasteiger charge is 2.30. The zero-order valence-corrected chi connectivity index (χ0v) is 13.5. The van der Waals surface area contributed by atoms with Gasteiger partial charge in [0.05, 0.1) is 17.7 Å². The molecule has 8 heteroatoms. The molecular formula is C13H19N3O3S2. The molecule has 0 radical (unpaired) electrons.